The molecule has 1 atom stereocenters. The van der Waals surface area contributed by atoms with Crippen LogP contribution in [0.4, 0.5) is 17.1 Å². The number of nitrogens with zero attached hydrogens (tertiary/aromatic N) is 3. The molecule has 51 heavy (non-hydrogen) atoms. The predicted molar refractivity (Wildman–Crippen MR) is 197 cm³/mol. The molecule has 0 saturated carbocycles. The van der Waals surface area contributed by atoms with Crippen LogP contribution in [-0.4, -0.2) is 100 Å². The maximum atomic E-state index is 13.7. The number of anilines is 3. The smallest absolute Gasteiger partial charge is 0.328 e. The number of amides is 3. The molecular formula is C39H49N5O7. The van der Waals surface area contributed by atoms with Crippen LogP contribution in [0.2, 0.25) is 0 Å². The number of methoxy groups -OCH3 is 1. The first-order valence-corrected chi connectivity index (χ1v) is 17.6. The monoisotopic (exact) mass is 699 g/mol. The topological polar surface area (TPSA) is 130 Å². The summed E-state index contributed by atoms with van der Waals surface area (Å²) in [5.74, 6) is 0.140. The van der Waals surface area contributed by atoms with E-state index >= 15 is 0 Å². The number of benzene rings is 3. The Bertz CT molecular complexity index is 1740. The van der Waals surface area contributed by atoms with Crippen LogP contribution in [0.1, 0.15) is 64.4 Å². The fourth-order valence-corrected chi connectivity index (χ4v) is 6.37. The number of aryl methyl sites for hydroxylation is 1. The van der Waals surface area contributed by atoms with E-state index in [1.54, 1.807) is 44.3 Å². The van der Waals surface area contributed by atoms with Crippen LogP contribution in [0.3, 0.4) is 0 Å². The molecule has 12 heteroatoms. The van der Waals surface area contributed by atoms with Crippen LogP contribution < -0.4 is 25.0 Å². The highest BCUT2D eigenvalue weighted by molar-refractivity contribution is 6.09. The second-order valence-electron chi connectivity index (χ2n) is 13.0. The maximum absolute atomic E-state index is 13.7. The lowest BCUT2D eigenvalue weighted by Crippen LogP contribution is -2.47. The molecule has 3 amide bonds. The van der Waals surface area contributed by atoms with Crippen molar-refractivity contribution < 1.29 is 33.4 Å². The van der Waals surface area contributed by atoms with E-state index in [0.717, 1.165) is 56.6 Å². The molecule has 3 aromatic carbocycles. The van der Waals surface area contributed by atoms with Gasteiger partial charge in [0.2, 0.25) is 5.91 Å². The van der Waals surface area contributed by atoms with Gasteiger partial charge in [-0.05, 0) is 93.7 Å². The molecule has 2 aliphatic heterocycles. The summed E-state index contributed by atoms with van der Waals surface area (Å²) in [6.07, 6.45) is 3.35. The Balaban J connectivity index is 1.18. The standard InChI is InChI=1S/C39H49N5O7/c1-6-50-39(48)32-25-29-28(11-10-12-30(29)40-32)37(46)41-31-16-15-27(24-34(31)49-5)38(47)43(4)33-17-14-26(2)23-35(33)51-22-9-7-8-13-36(45)44-20-18-42(3)19-21-44/h10-12,14-17,23-24,32,40H,6-9,13,18-22,25H2,1-5H3,(H,41,46). The first-order valence-electron chi connectivity index (χ1n) is 17.6. The van der Waals surface area contributed by atoms with Gasteiger partial charge >= 0.3 is 5.97 Å². The SMILES string of the molecule is CCOC(=O)C1Cc2c(cccc2C(=O)Nc2ccc(C(=O)N(C)c3ccc(C)cc3OCCCCCC(=O)N3CCN(C)CC3)cc2OC)N1. The molecular weight excluding hydrogens is 650 g/mol. The Morgan fingerprint density at radius 3 is 2.49 bits per heavy atom. The molecule has 0 spiro atoms. The number of carbonyl (C=O) groups excluding carboxylic acids is 4. The van der Waals surface area contributed by atoms with Gasteiger partial charge in [-0.3, -0.25) is 14.4 Å². The fourth-order valence-electron chi connectivity index (χ4n) is 6.37. The van der Waals surface area contributed by atoms with Gasteiger partial charge in [-0.1, -0.05) is 12.1 Å². The highest BCUT2D eigenvalue weighted by Crippen LogP contribution is 2.34. The third-order valence-corrected chi connectivity index (χ3v) is 9.36. The molecule has 0 radical (unpaired) electrons. The van der Waals surface area contributed by atoms with Crippen molar-refractivity contribution in [3.05, 3.63) is 76.9 Å². The van der Waals surface area contributed by atoms with E-state index in [0.29, 0.717) is 59.1 Å². The molecule has 0 aromatic heterocycles. The van der Waals surface area contributed by atoms with Crippen molar-refractivity contribution in [1.82, 2.24) is 9.80 Å². The minimum atomic E-state index is -0.556. The van der Waals surface area contributed by atoms with Crippen LogP contribution in [0.25, 0.3) is 0 Å². The van der Waals surface area contributed by atoms with Crippen molar-refractivity contribution in [2.75, 3.05) is 76.1 Å². The molecule has 2 aliphatic rings. The number of likely N-dealkylation sites (N-methyl/N-ethyl adjacent to an activating group) is 1. The normalized spacial score (nSPS) is 15.4. The number of rotatable bonds is 14. The van der Waals surface area contributed by atoms with Gasteiger partial charge in [-0.15, -0.1) is 0 Å². The van der Waals surface area contributed by atoms with E-state index in [2.05, 4.69) is 22.6 Å². The van der Waals surface area contributed by atoms with E-state index in [4.69, 9.17) is 14.2 Å². The van der Waals surface area contributed by atoms with Gasteiger partial charge in [0.1, 0.15) is 17.5 Å². The molecule has 2 heterocycles. The lowest BCUT2D eigenvalue weighted by Gasteiger charge is -2.32. The Hall–Kier alpha value is -5.10. The summed E-state index contributed by atoms with van der Waals surface area (Å²) in [5, 5.41) is 6.05. The number of piperazine rings is 1. The van der Waals surface area contributed by atoms with Crippen LogP contribution >= 0.6 is 0 Å². The van der Waals surface area contributed by atoms with Crippen LogP contribution in [0.5, 0.6) is 11.5 Å². The number of hydrogen-bond donors (Lipinski definition) is 2. The minimum Gasteiger partial charge on any atom is -0.495 e. The summed E-state index contributed by atoms with van der Waals surface area (Å²) >= 11 is 0. The Kier molecular flexibility index (Phi) is 12.5. The Morgan fingerprint density at radius 2 is 1.75 bits per heavy atom. The average molecular weight is 700 g/mol. The van der Waals surface area contributed by atoms with Gasteiger partial charge in [-0.25, -0.2) is 4.79 Å². The molecule has 272 valence electrons. The molecule has 1 saturated heterocycles. The molecule has 1 fully saturated rings. The first-order chi connectivity index (χ1) is 24.6. The number of carbonyl (C=O) groups is 4. The zero-order chi connectivity index (χ0) is 36.5. The second kappa shape index (κ2) is 17.2. The van der Waals surface area contributed by atoms with Gasteiger partial charge in [0.25, 0.3) is 11.8 Å². The largest absolute Gasteiger partial charge is 0.495 e. The van der Waals surface area contributed by atoms with Crippen LogP contribution in [0, 0.1) is 6.92 Å². The van der Waals surface area contributed by atoms with Gasteiger partial charge in [0.05, 0.1) is 31.7 Å². The van der Waals surface area contributed by atoms with Gasteiger partial charge in [0.15, 0.2) is 0 Å². The van der Waals surface area contributed by atoms with Crippen LogP contribution in [-0.2, 0) is 20.7 Å². The summed E-state index contributed by atoms with van der Waals surface area (Å²) in [6.45, 7) is 7.90. The first kappa shape index (κ1) is 37.2. The minimum absolute atomic E-state index is 0.222. The number of fused-ring (bicyclic) bond motifs is 1. The molecule has 1 unspecified atom stereocenters. The van der Waals surface area contributed by atoms with Crippen molar-refractivity contribution in [3.63, 3.8) is 0 Å². The molecule has 0 aliphatic carbocycles. The van der Waals surface area contributed by atoms with E-state index < -0.39 is 6.04 Å². The molecule has 0 bridgehead atoms. The number of hydrogen-bond acceptors (Lipinski definition) is 9. The zero-order valence-electron chi connectivity index (χ0n) is 30.3. The molecule has 2 N–H and O–H groups in total. The lowest BCUT2D eigenvalue weighted by molar-refractivity contribution is -0.143. The summed E-state index contributed by atoms with van der Waals surface area (Å²) < 4.78 is 16.9. The Morgan fingerprint density at radius 1 is 0.961 bits per heavy atom. The maximum Gasteiger partial charge on any atom is 0.328 e. The van der Waals surface area contributed by atoms with Crippen molar-refractivity contribution in [3.8, 4) is 11.5 Å². The summed E-state index contributed by atoms with van der Waals surface area (Å²) in [7, 11) is 5.25. The Labute approximate surface area is 300 Å². The van der Waals surface area contributed by atoms with Gasteiger partial charge in [-0.2, -0.15) is 0 Å². The summed E-state index contributed by atoms with van der Waals surface area (Å²) in [4.78, 5) is 57.8. The fraction of sp³-hybridized carbons (Fsp3) is 0.436. The van der Waals surface area contributed by atoms with Crippen molar-refractivity contribution in [2.45, 2.75) is 52.0 Å². The number of unbranched alkanes of at least 4 members (excludes halogenated alkanes) is 2. The number of nitrogens with one attached hydrogen (secondary N) is 2. The van der Waals surface area contributed by atoms with Crippen LogP contribution in [0.15, 0.2) is 54.6 Å². The molecule has 12 nitrogen and oxygen atoms in total. The quantitative estimate of drug-likeness (QED) is 0.174. The summed E-state index contributed by atoms with van der Waals surface area (Å²) in [5.41, 5.74) is 4.27. The highest BCUT2D eigenvalue weighted by Gasteiger charge is 2.31. The average Bonchev–Trinajstić information content (AvgIpc) is 3.58. The van der Waals surface area contributed by atoms with Crippen molar-refractivity contribution in [1.29, 1.82) is 0 Å². The van der Waals surface area contributed by atoms with Gasteiger partial charge < -0.3 is 39.5 Å². The lowest BCUT2D eigenvalue weighted by atomic mass is 10.0. The zero-order valence-corrected chi connectivity index (χ0v) is 30.3. The van der Waals surface area contributed by atoms with E-state index in [9.17, 15) is 19.2 Å². The van der Waals surface area contributed by atoms with E-state index in [-0.39, 0.29) is 30.3 Å². The third-order valence-electron chi connectivity index (χ3n) is 9.36. The third kappa shape index (κ3) is 9.18. The number of ether oxygens (including phenoxy) is 3. The number of esters is 1. The van der Waals surface area contributed by atoms with Crippen molar-refractivity contribution >= 4 is 40.8 Å². The van der Waals surface area contributed by atoms with E-state index in [1.165, 1.54) is 12.0 Å². The molecule has 3 aromatic rings. The second-order valence-corrected chi connectivity index (χ2v) is 13.0. The van der Waals surface area contributed by atoms with Crippen molar-refractivity contribution in [2.24, 2.45) is 0 Å². The molecule has 5 rings (SSSR count). The highest BCUT2D eigenvalue weighted by atomic mass is 16.5. The van der Waals surface area contributed by atoms with E-state index in [1.807, 2.05) is 36.1 Å². The predicted octanol–water partition coefficient (Wildman–Crippen LogP) is 5.15. The summed E-state index contributed by atoms with van der Waals surface area (Å²) in [6, 6.07) is 15.3. The van der Waals surface area contributed by atoms with Gasteiger partial charge in [0, 0.05) is 62.9 Å².